The van der Waals surface area contributed by atoms with E-state index in [1.807, 2.05) is 0 Å². The van der Waals surface area contributed by atoms with Crippen molar-refractivity contribution < 1.29 is 9.59 Å². The summed E-state index contributed by atoms with van der Waals surface area (Å²) in [5.41, 5.74) is 5.48. The molecule has 2 amide bonds. The third-order valence-corrected chi connectivity index (χ3v) is 1.47. The van der Waals surface area contributed by atoms with Crippen LogP contribution in [-0.2, 0) is 4.79 Å². The third-order valence-electron chi connectivity index (χ3n) is 1.47. The highest BCUT2D eigenvalue weighted by molar-refractivity contribution is 6.05. The van der Waals surface area contributed by atoms with Crippen LogP contribution < -0.4 is 11.1 Å². The molecular formula is C9H10N2O2. The van der Waals surface area contributed by atoms with Crippen molar-refractivity contribution in [2.75, 3.05) is 6.54 Å². The molecule has 1 aromatic carbocycles. The van der Waals surface area contributed by atoms with Crippen LogP contribution in [0, 0.1) is 0 Å². The molecule has 0 aliphatic carbocycles. The highest BCUT2D eigenvalue weighted by atomic mass is 16.2. The number of benzene rings is 1. The lowest BCUT2D eigenvalue weighted by molar-refractivity contribution is -0.118. The number of imide groups is 1. The van der Waals surface area contributed by atoms with Crippen LogP contribution in [0.2, 0.25) is 0 Å². The van der Waals surface area contributed by atoms with Crippen LogP contribution in [-0.4, -0.2) is 18.4 Å². The largest absolute Gasteiger partial charge is 0.322 e. The molecule has 0 radical (unpaired) electrons. The van der Waals surface area contributed by atoms with Gasteiger partial charge in [-0.15, -0.1) is 0 Å². The maximum atomic E-state index is 11.2. The molecule has 68 valence electrons. The first-order chi connectivity index (χ1) is 6.24. The summed E-state index contributed by atoms with van der Waals surface area (Å²) < 4.78 is 0. The van der Waals surface area contributed by atoms with Gasteiger partial charge in [-0.2, -0.15) is 0 Å². The zero-order chi connectivity index (χ0) is 9.68. The predicted molar refractivity (Wildman–Crippen MR) is 48.0 cm³/mol. The minimum absolute atomic E-state index is 0.182. The molecule has 1 aromatic rings. The second-order valence-electron chi connectivity index (χ2n) is 2.45. The Morgan fingerprint density at radius 3 is 2.38 bits per heavy atom. The second-order valence-corrected chi connectivity index (χ2v) is 2.45. The van der Waals surface area contributed by atoms with Crippen molar-refractivity contribution in [2.45, 2.75) is 0 Å². The number of hydrogen-bond donors (Lipinski definition) is 2. The van der Waals surface area contributed by atoms with E-state index in [0.29, 0.717) is 5.56 Å². The van der Waals surface area contributed by atoms with E-state index in [1.165, 1.54) is 0 Å². The van der Waals surface area contributed by atoms with E-state index in [-0.39, 0.29) is 6.54 Å². The number of amides is 2. The fourth-order valence-corrected chi connectivity index (χ4v) is 0.839. The summed E-state index contributed by atoms with van der Waals surface area (Å²) in [6, 6.07) is 8.49. The molecule has 0 atom stereocenters. The molecule has 0 aliphatic rings. The maximum Gasteiger partial charge on any atom is 0.257 e. The van der Waals surface area contributed by atoms with Crippen molar-refractivity contribution in [2.24, 2.45) is 5.73 Å². The van der Waals surface area contributed by atoms with E-state index >= 15 is 0 Å². The highest BCUT2D eigenvalue weighted by Gasteiger charge is 2.06. The molecule has 0 heterocycles. The van der Waals surface area contributed by atoms with Gasteiger partial charge in [0.15, 0.2) is 0 Å². The van der Waals surface area contributed by atoms with Gasteiger partial charge >= 0.3 is 0 Å². The van der Waals surface area contributed by atoms with E-state index in [0.717, 1.165) is 0 Å². The van der Waals surface area contributed by atoms with Crippen LogP contribution in [0.3, 0.4) is 0 Å². The summed E-state index contributed by atoms with van der Waals surface area (Å²) in [4.78, 5) is 22.0. The van der Waals surface area contributed by atoms with Gasteiger partial charge in [0.1, 0.15) is 0 Å². The Morgan fingerprint density at radius 1 is 1.23 bits per heavy atom. The van der Waals surface area contributed by atoms with Crippen LogP contribution in [0.25, 0.3) is 0 Å². The van der Waals surface area contributed by atoms with Gasteiger partial charge in [-0.3, -0.25) is 14.9 Å². The van der Waals surface area contributed by atoms with E-state index in [2.05, 4.69) is 5.32 Å². The van der Waals surface area contributed by atoms with Crippen LogP contribution in [0.1, 0.15) is 10.4 Å². The normalized spacial score (nSPS) is 9.31. The number of carbonyl (C=O) groups excluding carboxylic acids is 2. The summed E-state index contributed by atoms with van der Waals surface area (Å²) in [7, 11) is 0. The zero-order valence-corrected chi connectivity index (χ0v) is 6.99. The predicted octanol–water partition coefficient (Wildman–Crippen LogP) is -0.0983. The summed E-state index contributed by atoms with van der Waals surface area (Å²) >= 11 is 0. The van der Waals surface area contributed by atoms with Crippen LogP contribution in [0.15, 0.2) is 30.3 Å². The van der Waals surface area contributed by atoms with Gasteiger partial charge in [0.25, 0.3) is 5.91 Å². The SMILES string of the molecule is NCC(=O)NC(=O)c1ccccc1. The Bertz CT molecular complexity index is 309. The van der Waals surface area contributed by atoms with Gasteiger partial charge in [0.05, 0.1) is 6.54 Å². The second kappa shape index (κ2) is 4.37. The number of carbonyl (C=O) groups is 2. The average molecular weight is 178 g/mol. The Labute approximate surface area is 75.7 Å². The summed E-state index contributed by atoms with van der Waals surface area (Å²) in [6.07, 6.45) is 0. The molecular weight excluding hydrogens is 168 g/mol. The summed E-state index contributed by atoms with van der Waals surface area (Å²) in [5, 5.41) is 2.14. The summed E-state index contributed by atoms with van der Waals surface area (Å²) in [6.45, 7) is -0.182. The molecule has 0 saturated heterocycles. The number of nitrogens with two attached hydrogens (primary N) is 1. The molecule has 0 fully saturated rings. The van der Waals surface area contributed by atoms with Crippen LogP contribution in [0.5, 0.6) is 0 Å². The molecule has 0 spiro atoms. The lowest BCUT2D eigenvalue weighted by Gasteiger charge is -2.00. The third kappa shape index (κ3) is 2.68. The van der Waals surface area contributed by atoms with E-state index in [4.69, 9.17) is 5.73 Å². The van der Waals surface area contributed by atoms with Crippen LogP contribution >= 0.6 is 0 Å². The molecule has 1 rings (SSSR count). The van der Waals surface area contributed by atoms with Crippen LogP contribution in [0.4, 0.5) is 0 Å². The van der Waals surface area contributed by atoms with Gasteiger partial charge < -0.3 is 5.73 Å². The van der Waals surface area contributed by atoms with Gasteiger partial charge in [-0.1, -0.05) is 18.2 Å². The Hall–Kier alpha value is -1.68. The zero-order valence-electron chi connectivity index (χ0n) is 6.99. The smallest absolute Gasteiger partial charge is 0.257 e. The van der Waals surface area contributed by atoms with Gasteiger partial charge in [0, 0.05) is 5.56 Å². The van der Waals surface area contributed by atoms with Crippen molar-refractivity contribution in [3.63, 3.8) is 0 Å². The molecule has 0 unspecified atom stereocenters. The Morgan fingerprint density at radius 2 is 1.85 bits per heavy atom. The molecule has 3 N–H and O–H groups in total. The van der Waals surface area contributed by atoms with Crippen molar-refractivity contribution >= 4 is 11.8 Å². The molecule has 0 aromatic heterocycles. The van der Waals surface area contributed by atoms with Crippen molar-refractivity contribution in [3.8, 4) is 0 Å². The topological polar surface area (TPSA) is 72.2 Å². The lowest BCUT2D eigenvalue weighted by Crippen LogP contribution is -2.35. The first kappa shape index (κ1) is 9.41. The van der Waals surface area contributed by atoms with E-state index in [1.54, 1.807) is 30.3 Å². The fraction of sp³-hybridized carbons (Fsp3) is 0.111. The minimum atomic E-state index is -0.478. The first-order valence-corrected chi connectivity index (χ1v) is 3.83. The number of rotatable bonds is 2. The fourth-order valence-electron chi connectivity index (χ4n) is 0.839. The van der Waals surface area contributed by atoms with Gasteiger partial charge in [-0.25, -0.2) is 0 Å². The number of hydrogen-bond acceptors (Lipinski definition) is 3. The quantitative estimate of drug-likeness (QED) is 0.664. The molecule has 13 heavy (non-hydrogen) atoms. The monoisotopic (exact) mass is 178 g/mol. The van der Waals surface area contributed by atoms with E-state index < -0.39 is 11.8 Å². The summed E-state index contributed by atoms with van der Waals surface area (Å²) in [5.74, 6) is -0.898. The maximum absolute atomic E-state index is 11.2. The van der Waals surface area contributed by atoms with Crippen molar-refractivity contribution in [1.82, 2.24) is 5.32 Å². The molecule has 4 nitrogen and oxygen atoms in total. The van der Waals surface area contributed by atoms with Gasteiger partial charge in [-0.05, 0) is 12.1 Å². The number of nitrogens with one attached hydrogen (secondary N) is 1. The van der Waals surface area contributed by atoms with Crippen molar-refractivity contribution in [1.29, 1.82) is 0 Å². The Kier molecular flexibility index (Phi) is 3.16. The minimum Gasteiger partial charge on any atom is -0.322 e. The molecule has 4 heteroatoms. The molecule has 0 saturated carbocycles. The van der Waals surface area contributed by atoms with Gasteiger partial charge in [0.2, 0.25) is 5.91 Å². The van der Waals surface area contributed by atoms with Crippen molar-refractivity contribution in [3.05, 3.63) is 35.9 Å². The lowest BCUT2D eigenvalue weighted by atomic mass is 10.2. The van der Waals surface area contributed by atoms with E-state index in [9.17, 15) is 9.59 Å². The first-order valence-electron chi connectivity index (χ1n) is 3.83. The Balaban J connectivity index is 2.65. The molecule has 0 bridgehead atoms. The molecule has 0 aliphatic heterocycles. The highest BCUT2D eigenvalue weighted by Crippen LogP contribution is 1.96. The standard InChI is InChI=1S/C9H10N2O2/c10-6-8(12)11-9(13)7-4-2-1-3-5-7/h1-5H,6,10H2,(H,11,12,13). The average Bonchev–Trinajstić information content (AvgIpc) is 2.19.